The van der Waals surface area contributed by atoms with Gasteiger partial charge in [0.05, 0.1) is 11.8 Å². The van der Waals surface area contributed by atoms with Crippen LogP contribution in [0.5, 0.6) is 0 Å². The van der Waals surface area contributed by atoms with Crippen LogP contribution in [-0.4, -0.2) is 11.7 Å². The van der Waals surface area contributed by atoms with Gasteiger partial charge in [-0.3, -0.25) is 4.79 Å². The predicted molar refractivity (Wildman–Crippen MR) is 104 cm³/mol. The Morgan fingerprint density at radius 2 is 1.88 bits per heavy atom. The molecule has 2 rings (SSSR count). The second-order valence-corrected chi connectivity index (χ2v) is 7.34. The fourth-order valence-corrected chi connectivity index (χ4v) is 3.49. The standard InChI is InChI=1S/C21H27NOS/c1-5-20(19-10-9-16(3)17(4)12-19)22-21(23)14-24-13-18-8-6-7-15(2)11-18/h6-12,20H,5,13-14H2,1-4H3,(H,22,23)/t20-/m1/s1. The molecule has 2 aromatic rings. The van der Waals surface area contributed by atoms with E-state index in [1.807, 2.05) is 0 Å². The Morgan fingerprint density at radius 1 is 1.08 bits per heavy atom. The van der Waals surface area contributed by atoms with Gasteiger partial charge in [0.1, 0.15) is 0 Å². The normalized spacial score (nSPS) is 12.0. The number of carbonyl (C=O) groups is 1. The molecule has 0 spiro atoms. The van der Waals surface area contributed by atoms with E-state index >= 15 is 0 Å². The van der Waals surface area contributed by atoms with E-state index in [9.17, 15) is 4.79 Å². The van der Waals surface area contributed by atoms with Gasteiger partial charge in [-0.2, -0.15) is 0 Å². The van der Waals surface area contributed by atoms with Crippen LogP contribution in [-0.2, 0) is 10.5 Å². The van der Waals surface area contributed by atoms with Crippen molar-refractivity contribution in [2.45, 2.75) is 45.9 Å². The van der Waals surface area contributed by atoms with Crippen LogP contribution in [0.3, 0.4) is 0 Å². The van der Waals surface area contributed by atoms with Crippen molar-refractivity contribution >= 4 is 17.7 Å². The Bertz CT molecular complexity index is 696. The summed E-state index contributed by atoms with van der Waals surface area (Å²) in [7, 11) is 0. The van der Waals surface area contributed by atoms with E-state index in [4.69, 9.17) is 0 Å². The highest BCUT2D eigenvalue weighted by molar-refractivity contribution is 7.99. The molecule has 2 aromatic carbocycles. The van der Waals surface area contributed by atoms with E-state index in [0.717, 1.165) is 12.2 Å². The zero-order valence-electron chi connectivity index (χ0n) is 15.1. The molecule has 1 amide bonds. The predicted octanol–water partition coefficient (Wildman–Crippen LogP) is 5.11. The number of carbonyl (C=O) groups excluding carboxylic acids is 1. The van der Waals surface area contributed by atoms with E-state index < -0.39 is 0 Å². The zero-order chi connectivity index (χ0) is 17.5. The van der Waals surface area contributed by atoms with Crippen LogP contribution in [0.25, 0.3) is 0 Å². The number of benzene rings is 2. The highest BCUT2D eigenvalue weighted by Crippen LogP contribution is 2.20. The first-order valence-corrected chi connectivity index (χ1v) is 9.65. The Hall–Kier alpha value is -1.74. The smallest absolute Gasteiger partial charge is 0.230 e. The van der Waals surface area contributed by atoms with Crippen molar-refractivity contribution in [1.29, 1.82) is 0 Å². The largest absolute Gasteiger partial charge is 0.349 e. The van der Waals surface area contributed by atoms with Crippen LogP contribution in [0.15, 0.2) is 42.5 Å². The number of amides is 1. The van der Waals surface area contributed by atoms with E-state index in [-0.39, 0.29) is 11.9 Å². The second kappa shape index (κ2) is 8.93. The van der Waals surface area contributed by atoms with Crippen molar-refractivity contribution in [1.82, 2.24) is 5.32 Å². The van der Waals surface area contributed by atoms with E-state index in [1.54, 1.807) is 11.8 Å². The van der Waals surface area contributed by atoms with Gasteiger partial charge >= 0.3 is 0 Å². The van der Waals surface area contributed by atoms with Crippen molar-refractivity contribution in [3.05, 3.63) is 70.3 Å². The maximum absolute atomic E-state index is 12.3. The maximum atomic E-state index is 12.3. The molecule has 0 fully saturated rings. The SMILES string of the molecule is CC[C@@H](NC(=O)CSCc1cccc(C)c1)c1ccc(C)c(C)c1. The molecule has 0 unspecified atom stereocenters. The molecule has 0 aliphatic carbocycles. The van der Waals surface area contributed by atoms with Crippen molar-refractivity contribution in [2.75, 3.05) is 5.75 Å². The van der Waals surface area contributed by atoms with Crippen LogP contribution in [0.4, 0.5) is 0 Å². The Morgan fingerprint density at radius 3 is 2.54 bits per heavy atom. The number of aryl methyl sites for hydroxylation is 3. The molecule has 3 heteroatoms. The van der Waals surface area contributed by atoms with Crippen molar-refractivity contribution in [3.63, 3.8) is 0 Å². The minimum Gasteiger partial charge on any atom is -0.349 e. The van der Waals surface area contributed by atoms with Crippen LogP contribution >= 0.6 is 11.8 Å². The summed E-state index contributed by atoms with van der Waals surface area (Å²) in [4.78, 5) is 12.3. The molecule has 2 nitrogen and oxygen atoms in total. The molecule has 0 bridgehead atoms. The zero-order valence-corrected chi connectivity index (χ0v) is 15.9. The summed E-state index contributed by atoms with van der Waals surface area (Å²) in [5.41, 5.74) is 6.28. The number of hydrogen-bond acceptors (Lipinski definition) is 2. The van der Waals surface area contributed by atoms with Gasteiger partial charge in [0.2, 0.25) is 5.91 Å². The topological polar surface area (TPSA) is 29.1 Å². The van der Waals surface area contributed by atoms with Gasteiger partial charge in [-0.15, -0.1) is 11.8 Å². The summed E-state index contributed by atoms with van der Waals surface area (Å²) in [6.45, 7) is 8.43. The van der Waals surface area contributed by atoms with Gasteiger partial charge in [-0.05, 0) is 49.4 Å². The summed E-state index contributed by atoms with van der Waals surface area (Å²) < 4.78 is 0. The minimum atomic E-state index is 0.0939. The number of hydrogen-bond donors (Lipinski definition) is 1. The first-order valence-electron chi connectivity index (χ1n) is 8.49. The summed E-state index contributed by atoms with van der Waals surface area (Å²) in [5, 5.41) is 3.17. The van der Waals surface area contributed by atoms with Crippen LogP contribution in [0.2, 0.25) is 0 Å². The Balaban J connectivity index is 1.86. The summed E-state index contributed by atoms with van der Waals surface area (Å²) >= 11 is 1.66. The van der Waals surface area contributed by atoms with Gasteiger partial charge in [-0.1, -0.05) is 55.0 Å². The van der Waals surface area contributed by atoms with Crippen molar-refractivity contribution < 1.29 is 4.79 Å². The molecule has 0 saturated carbocycles. The molecule has 128 valence electrons. The quantitative estimate of drug-likeness (QED) is 0.758. The lowest BCUT2D eigenvalue weighted by Crippen LogP contribution is -2.29. The molecule has 0 radical (unpaired) electrons. The third-order valence-corrected chi connectivity index (χ3v) is 5.26. The number of nitrogens with one attached hydrogen (secondary N) is 1. The van der Waals surface area contributed by atoms with E-state index in [1.165, 1.54) is 27.8 Å². The monoisotopic (exact) mass is 341 g/mol. The summed E-state index contributed by atoms with van der Waals surface area (Å²) in [6.07, 6.45) is 0.900. The third-order valence-electron chi connectivity index (χ3n) is 4.26. The first-order chi connectivity index (χ1) is 11.5. The second-order valence-electron chi connectivity index (χ2n) is 6.35. The van der Waals surface area contributed by atoms with Gasteiger partial charge < -0.3 is 5.32 Å². The van der Waals surface area contributed by atoms with Gasteiger partial charge in [0, 0.05) is 5.75 Å². The molecule has 0 aliphatic heterocycles. The maximum Gasteiger partial charge on any atom is 0.230 e. The average Bonchev–Trinajstić information content (AvgIpc) is 2.55. The molecule has 0 saturated heterocycles. The lowest BCUT2D eigenvalue weighted by molar-refractivity contribution is -0.119. The molecule has 1 N–H and O–H groups in total. The number of rotatable bonds is 7. The molecule has 1 atom stereocenters. The van der Waals surface area contributed by atoms with Crippen LogP contribution in [0, 0.1) is 20.8 Å². The molecule has 0 heterocycles. The first kappa shape index (κ1) is 18.6. The highest BCUT2D eigenvalue weighted by Gasteiger charge is 2.13. The van der Waals surface area contributed by atoms with Gasteiger partial charge in [0.15, 0.2) is 0 Å². The Labute approximate surface area is 150 Å². The lowest BCUT2D eigenvalue weighted by atomic mass is 9.99. The van der Waals surface area contributed by atoms with E-state index in [2.05, 4.69) is 75.5 Å². The van der Waals surface area contributed by atoms with E-state index in [0.29, 0.717) is 5.75 Å². The summed E-state index contributed by atoms with van der Waals surface area (Å²) in [5.74, 6) is 1.47. The van der Waals surface area contributed by atoms with Gasteiger partial charge in [0.25, 0.3) is 0 Å². The Kier molecular flexibility index (Phi) is 6.92. The van der Waals surface area contributed by atoms with Crippen LogP contribution < -0.4 is 5.32 Å². The van der Waals surface area contributed by atoms with Crippen molar-refractivity contribution in [2.24, 2.45) is 0 Å². The summed E-state index contributed by atoms with van der Waals surface area (Å²) in [6, 6.07) is 15.0. The minimum absolute atomic E-state index is 0.0939. The lowest BCUT2D eigenvalue weighted by Gasteiger charge is -2.18. The fraction of sp³-hybridized carbons (Fsp3) is 0.381. The third kappa shape index (κ3) is 5.41. The average molecular weight is 342 g/mol. The number of thioether (sulfide) groups is 1. The molecular formula is C21H27NOS. The molecule has 0 aliphatic rings. The highest BCUT2D eigenvalue weighted by atomic mass is 32.2. The molecule has 0 aromatic heterocycles. The molecule has 24 heavy (non-hydrogen) atoms. The van der Waals surface area contributed by atoms with Crippen molar-refractivity contribution in [3.8, 4) is 0 Å². The van der Waals surface area contributed by atoms with Gasteiger partial charge in [-0.25, -0.2) is 0 Å². The van der Waals surface area contributed by atoms with Crippen LogP contribution in [0.1, 0.15) is 47.2 Å². The molecular weight excluding hydrogens is 314 g/mol. The fourth-order valence-electron chi connectivity index (χ4n) is 2.70.